The lowest BCUT2D eigenvalue weighted by molar-refractivity contribution is 0.601. The fourth-order valence-corrected chi connectivity index (χ4v) is 3.84. The molecule has 4 nitrogen and oxygen atoms in total. The van der Waals surface area contributed by atoms with Crippen LogP contribution in [0, 0.1) is 0 Å². The van der Waals surface area contributed by atoms with Gasteiger partial charge in [-0.05, 0) is 60.7 Å². The highest BCUT2D eigenvalue weighted by Gasteiger charge is 2.19. The van der Waals surface area contributed by atoms with Crippen molar-refractivity contribution in [3.8, 4) is 0 Å². The number of nitrogen functional groups attached to an aromatic ring is 1. The van der Waals surface area contributed by atoms with E-state index in [9.17, 15) is 8.42 Å². The van der Waals surface area contributed by atoms with Crippen LogP contribution in [0.5, 0.6) is 0 Å². The molecule has 0 saturated heterocycles. The third kappa shape index (κ3) is 2.84. The molecule has 0 bridgehead atoms. The van der Waals surface area contributed by atoms with Gasteiger partial charge in [-0.2, -0.15) is 0 Å². The Morgan fingerprint density at radius 3 is 2.62 bits per heavy atom. The molecule has 0 radical (unpaired) electrons. The number of aryl methyl sites for hydroxylation is 2. The zero-order valence-electron chi connectivity index (χ0n) is 11.3. The Balaban J connectivity index is 1.95. The molecule has 0 aromatic heterocycles. The summed E-state index contributed by atoms with van der Waals surface area (Å²) < 4.78 is 27.4. The van der Waals surface area contributed by atoms with Crippen molar-refractivity contribution in [1.29, 1.82) is 0 Å². The molecule has 1 aliphatic carbocycles. The Hall–Kier alpha value is -1.72. The fourth-order valence-electron chi connectivity index (χ4n) is 2.54. The van der Waals surface area contributed by atoms with Gasteiger partial charge in [-0.15, -0.1) is 0 Å². The summed E-state index contributed by atoms with van der Waals surface area (Å²) in [6, 6.07) is 9.95. The molecule has 21 heavy (non-hydrogen) atoms. The van der Waals surface area contributed by atoms with Crippen LogP contribution >= 0.6 is 11.6 Å². The monoisotopic (exact) mass is 322 g/mol. The van der Waals surface area contributed by atoms with E-state index < -0.39 is 10.0 Å². The highest BCUT2D eigenvalue weighted by Crippen LogP contribution is 2.28. The molecule has 0 atom stereocenters. The van der Waals surface area contributed by atoms with E-state index in [0.29, 0.717) is 16.4 Å². The average Bonchev–Trinajstić information content (AvgIpc) is 2.90. The summed E-state index contributed by atoms with van der Waals surface area (Å²) in [6.07, 6.45) is 3.02. The Labute approximate surface area is 129 Å². The van der Waals surface area contributed by atoms with Crippen LogP contribution < -0.4 is 10.5 Å². The molecular formula is C15H15ClN2O2S. The largest absolute Gasteiger partial charge is 0.397 e. The number of anilines is 2. The number of fused-ring (bicyclic) bond motifs is 1. The van der Waals surface area contributed by atoms with E-state index in [4.69, 9.17) is 17.3 Å². The molecule has 0 heterocycles. The van der Waals surface area contributed by atoms with Gasteiger partial charge < -0.3 is 5.73 Å². The predicted molar refractivity (Wildman–Crippen MR) is 85.1 cm³/mol. The predicted octanol–water partition coefficient (Wildman–Crippen LogP) is 3.21. The maximum absolute atomic E-state index is 12.5. The summed E-state index contributed by atoms with van der Waals surface area (Å²) >= 11 is 5.88. The highest BCUT2D eigenvalue weighted by atomic mass is 35.5. The molecule has 0 fully saturated rings. The van der Waals surface area contributed by atoms with Crippen LogP contribution in [0.2, 0.25) is 5.02 Å². The zero-order chi connectivity index (χ0) is 15.0. The maximum Gasteiger partial charge on any atom is 0.261 e. The van der Waals surface area contributed by atoms with E-state index in [0.717, 1.165) is 24.8 Å². The van der Waals surface area contributed by atoms with Crippen molar-refractivity contribution in [1.82, 2.24) is 0 Å². The number of rotatable bonds is 3. The molecule has 0 spiro atoms. The lowest BCUT2D eigenvalue weighted by atomic mass is 10.1. The van der Waals surface area contributed by atoms with Gasteiger partial charge in [0.15, 0.2) is 0 Å². The lowest BCUT2D eigenvalue weighted by Gasteiger charge is -2.11. The standard InChI is InChI=1S/C15H15ClN2O2S/c16-12-5-7-14(17)15(9-12)18-21(19,20)13-6-4-10-2-1-3-11(10)8-13/h4-9,18H,1-3,17H2. The fraction of sp³-hybridized carbons (Fsp3) is 0.200. The number of halogens is 1. The van der Waals surface area contributed by atoms with Gasteiger partial charge in [0.05, 0.1) is 16.3 Å². The number of nitrogens with one attached hydrogen (secondary N) is 1. The summed E-state index contributed by atoms with van der Waals surface area (Å²) in [5.74, 6) is 0. The van der Waals surface area contributed by atoms with E-state index in [2.05, 4.69) is 4.72 Å². The number of nitrogens with two attached hydrogens (primary N) is 1. The smallest absolute Gasteiger partial charge is 0.261 e. The molecule has 3 N–H and O–H groups in total. The van der Waals surface area contributed by atoms with Gasteiger partial charge in [0.1, 0.15) is 0 Å². The van der Waals surface area contributed by atoms with E-state index in [1.54, 1.807) is 24.3 Å². The second-order valence-corrected chi connectivity index (χ2v) is 7.24. The average molecular weight is 323 g/mol. The van der Waals surface area contributed by atoms with Gasteiger partial charge in [0, 0.05) is 5.02 Å². The van der Waals surface area contributed by atoms with Gasteiger partial charge in [0.25, 0.3) is 10.0 Å². The second-order valence-electron chi connectivity index (χ2n) is 5.12. The first-order chi connectivity index (χ1) is 9.95. The minimum absolute atomic E-state index is 0.252. The summed E-state index contributed by atoms with van der Waals surface area (Å²) in [5, 5.41) is 0.427. The van der Waals surface area contributed by atoms with Crippen LogP contribution in [-0.4, -0.2) is 8.42 Å². The zero-order valence-corrected chi connectivity index (χ0v) is 12.8. The number of benzene rings is 2. The van der Waals surface area contributed by atoms with Crippen LogP contribution in [0.4, 0.5) is 11.4 Å². The molecule has 1 aliphatic rings. The van der Waals surface area contributed by atoms with Crippen molar-refractivity contribution in [3.05, 3.63) is 52.5 Å². The first kappa shape index (κ1) is 14.2. The molecule has 0 aliphatic heterocycles. The molecule has 2 aromatic carbocycles. The third-order valence-corrected chi connectivity index (χ3v) is 5.24. The number of sulfonamides is 1. The highest BCUT2D eigenvalue weighted by molar-refractivity contribution is 7.92. The van der Waals surface area contributed by atoms with E-state index in [1.165, 1.54) is 11.6 Å². The Kier molecular flexibility index (Phi) is 3.55. The molecule has 0 unspecified atom stereocenters. The van der Waals surface area contributed by atoms with Crippen molar-refractivity contribution in [2.45, 2.75) is 24.2 Å². The number of hydrogen-bond acceptors (Lipinski definition) is 3. The van der Waals surface area contributed by atoms with Crippen LogP contribution in [0.1, 0.15) is 17.5 Å². The van der Waals surface area contributed by atoms with Crippen molar-refractivity contribution < 1.29 is 8.42 Å². The van der Waals surface area contributed by atoms with Crippen LogP contribution in [-0.2, 0) is 22.9 Å². The number of hydrogen-bond donors (Lipinski definition) is 2. The Bertz CT molecular complexity index is 803. The van der Waals surface area contributed by atoms with Crippen molar-refractivity contribution in [3.63, 3.8) is 0 Å². The van der Waals surface area contributed by atoms with Crippen molar-refractivity contribution in [2.24, 2.45) is 0 Å². The maximum atomic E-state index is 12.5. The molecular weight excluding hydrogens is 308 g/mol. The Morgan fingerprint density at radius 1 is 1.05 bits per heavy atom. The van der Waals surface area contributed by atoms with Crippen LogP contribution in [0.3, 0.4) is 0 Å². The topological polar surface area (TPSA) is 72.2 Å². The molecule has 6 heteroatoms. The van der Waals surface area contributed by atoms with Gasteiger partial charge in [0.2, 0.25) is 0 Å². The van der Waals surface area contributed by atoms with Gasteiger partial charge in [-0.25, -0.2) is 8.42 Å². The summed E-state index contributed by atoms with van der Waals surface area (Å²) in [6.45, 7) is 0. The van der Waals surface area contributed by atoms with Gasteiger partial charge >= 0.3 is 0 Å². The minimum atomic E-state index is -3.66. The van der Waals surface area contributed by atoms with Gasteiger partial charge in [-0.1, -0.05) is 17.7 Å². The van der Waals surface area contributed by atoms with Crippen LogP contribution in [0.25, 0.3) is 0 Å². The molecule has 0 amide bonds. The quantitative estimate of drug-likeness (QED) is 0.852. The van der Waals surface area contributed by atoms with E-state index >= 15 is 0 Å². The summed E-state index contributed by atoms with van der Waals surface area (Å²) in [5.41, 5.74) is 8.75. The second kappa shape index (κ2) is 5.24. The van der Waals surface area contributed by atoms with Crippen molar-refractivity contribution >= 4 is 33.0 Å². The third-order valence-electron chi connectivity index (χ3n) is 3.64. The summed E-state index contributed by atoms with van der Waals surface area (Å²) in [7, 11) is -3.66. The minimum Gasteiger partial charge on any atom is -0.397 e. The van der Waals surface area contributed by atoms with Crippen molar-refractivity contribution in [2.75, 3.05) is 10.5 Å². The lowest BCUT2D eigenvalue weighted by Crippen LogP contribution is -2.14. The van der Waals surface area contributed by atoms with Gasteiger partial charge in [-0.3, -0.25) is 4.72 Å². The van der Waals surface area contributed by atoms with E-state index in [1.807, 2.05) is 6.07 Å². The molecule has 110 valence electrons. The summed E-state index contributed by atoms with van der Waals surface area (Å²) in [4.78, 5) is 0.252. The SMILES string of the molecule is Nc1ccc(Cl)cc1NS(=O)(=O)c1ccc2c(c1)CCC2. The molecule has 0 saturated carbocycles. The normalized spacial score (nSPS) is 14.0. The molecule has 3 rings (SSSR count). The Morgan fingerprint density at radius 2 is 1.81 bits per heavy atom. The van der Waals surface area contributed by atoms with Crippen LogP contribution in [0.15, 0.2) is 41.3 Å². The van der Waals surface area contributed by atoms with E-state index in [-0.39, 0.29) is 4.90 Å². The molecule has 2 aromatic rings. The first-order valence-corrected chi connectivity index (χ1v) is 8.51. The first-order valence-electron chi connectivity index (χ1n) is 6.65.